The second-order valence-corrected chi connectivity index (χ2v) is 8.20. The smallest absolute Gasteiger partial charge is 0.228 e. The molecular formula is C23H27FN2O2. The molecule has 0 aromatic heterocycles. The van der Waals surface area contributed by atoms with Gasteiger partial charge in [0.2, 0.25) is 5.91 Å². The molecule has 1 atom stereocenters. The Bertz CT molecular complexity index is 875. The standard InChI is InChI=1S/C23H27FN2O2/c1-16-12-17(6-7-21(16)28-2)15-26-10-8-23(9-11-26)14-20(23)22(27)25-19-5-3-4-18(24)13-19/h3-7,12-13,20H,8-11,14-15H2,1-2H3,(H,25,27)/t20-/m1/s1. The van der Waals surface area contributed by atoms with Crippen LogP contribution in [0.5, 0.6) is 5.75 Å². The molecule has 1 spiro atoms. The molecule has 1 saturated carbocycles. The van der Waals surface area contributed by atoms with E-state index < -0.39 is 0 Å². The van der Waals surface area contributed by atoms with Gasteiger partial charge in [-0.15, -0.1) is 0 Å². The van der Waals surface area contributed by atoms with Crippen molar-refractivity contribution in [2.75, 3.05) is 25.5 Å². The number of hydrogen-bond acceptors (Lipinski definition) is 3. The maximum atomic E-state index is 13.3. The summed E-state index contributed by atoms with van der Waals surface area (Å²) in [5.41, 5.74) is 3.14. The first-order valence-corrected chi connectivity index (χ1v) is 9.91. The van der Waals surface area contributed by atoms with E-state index in [1.807, 2.05) is 6.07 Å². The van der Waals surface area contributed by atoms with Gasteiger partial charge in [-0.1, -0.05) is 18.2 Å². The van der Waals surface area contributed by atoms with Crippen molar-refractivity contribution < 1.29 is 13.9 Å². The van der Waals surface area contributed by atoms with Gasteiger partial charge in [-0.05, 0) is 80.1 Å². The molecule has 1 amide bonds. The van der Waals surface area contributed by atoms with E-state index in [-0.39, 0.29) is 23.1 Å². The Hall–Kier alpha value is -2.40. The molecule has 28 heavy (non-hydrogen) atoms. The summed E-state index contributed by atoms with van der Waals surface area (Å²) < 4.78 is 18.6. The monoisotopic (exact) mass is 382 g/mol. The highest BCUT2D eigenvalue weighted by atomic mass is 19.1. The van der Waals surface area contributed by atoms with Crippen molar-refractivity contribution in [3.63, 3.8) is 0 Å². The number of nitrogens with one attached hydrogen (secondary N) is 1. The number of rotatable bonds is 5. The van der Waals surface area contributed by atoms with Crippen LogP contribution in [0.2, 0.25) is 0 Å². The van der Waals surface area contributed by atoms with Crippen LogP contribution in [0.25, 0.3) is 0 Å². The fourth-order valence-electron chi connectivity index (χ4n) is 4.52. The van der Waals surface area contributed by atoms with Crippen LogP contribution >= 0.6 is 0 Å². The van der Waals surface area contributed by atoms with Crippen LogP contribution in [-0.2, 0) is 11.3 Å². The van der Waals surface area contributed by atoms with Crippen molar-refractivity contribution in [2.24, 2.45) is 11.3 Å². The Labute approximate surface area is 165 Å². The number of amides is 1. The van der Waals surface area contributed by atoms with Crippen LogP contribution in [0, 0.1) is 24.1 Å². The van der Waals surface area contributed by atoms with Crippen LogP contribution in [0.4, 0.5) is 10.1 Å². The number of carbonyl (C=O) groups excluding carboxylic acids is 1. The number of halogens is 1. The lowest BCUT2D eigenvalue weighted by molar-refractivity contribution is -0.118. The van der Waals surface area contributed by atoms with Gasteiger partial charge >= 0.3 is 0 Å². The van der Waals surface area contributed by atoms with E-state index in [9.17, 15) is 9.18 Å². The van der Waals surface area contributed by atoms with Gasteiger partial charge in [0.1, 0.15) is 11.6 Å². The lowest BCUT2D eigenvalue weighted by Crippen LogP contribution is -2.35. The Balaban J connectivity index is 1.30. The number of hydrogen-bond donors (Lipinski definition) is 1. The minimum Gasteiger partial charge on any atom is -0.496 e. The molecular weight excluding hydrogens is 355 g/mol. The molecule has 4 nitrogen and oxygen atoms in total. The van der Waals surface area contributed by atoms with E-state index in [0.717, 1.165) is 50.2 Å². The van der Waals surface area contributed by atoms with Gasteiger partial charge in [0, 0.05) is 18.2 Å². The molecule has 1 aliphatic carbocycles. The van der Waals surface area contributed by atoms with Crippen molar-refractivity contribution >= 4 is 11.6 Å². The number of nitrogens with zero attached hydrogens (tertiary/aromatic N) is 1. The largest absolute Gasteiger partial charge is 0.496 e. The van der Waals surface area contributed by atoms with Crippen molar-refractivity contribution in [2.45, 2.75) is 32.7 Å². The van der Waals surface area contributed by atoms with Crippen LogP contribution in [0.1, 0.15) is 30.4 Å². The molecule has 2 fully saturated rings. The number of ether oxygens (including phenoxy) is 1. The first-order chi connectivity index (χ1) is 13.5. The first-order valence-electron chi connectivity index (χ1n) is 9.91. The van der Waals surface area contributed by atoms with Crippen LogP contribution < -0.4 is 10.1 Å². The number of piperidine rings is 1. The summed E-state index contributed by atoms with van der Waals surface area (Å²) in [4.78, 5) is 15.0. The van der Waals surface area contributed by atoms with Crippen LogP contribution in [0.15, 0.2) is 42.5 Å². The summed E-state index contributed by atoms with van der Waals surface area (Å²) in [5, 5.41) is 2.88. The molecule has 0 unspecified atom stereocenters. The number of carbonyl (C=O) groups is 1. The summed E-state index contributed by atoms with van der Waals surface area (Å²) in [6, 6.07) is 12.4. The fraction of sp³-hybridized carbons (Fsp3) is 0.435. The van der Waals surface area contributed by atoms with Crippen molar-refractivity contribution in [3.8, 4) is 5.75 Å². The predicted octanol–water partition coefficient (Wildman–Crippen LogP) is 4.38. The molecule has 148 valence electrons. The van der Waals surface area contributed by atoms with E-state index in [1.165, 1.54) is 17.7 Å². The highest BCUT2D eigenvalue weighted by Crippen LogP contribution is 2.59. The lowest BCUT2D eigenvalue weighted by atomic mass is 9.90. The quantitative estimate of drug-likeness (QED) is 0.834. The van der Waals surface area contributed by atoms with Gasteiger partial charge in [0.05, 0.1) is 7.11 Å². The Kier molecular flexibility index (Phi) is 5.11. The molecule has 1 N–H and O–H groups in total. The third-order valence-electron chi connectivity index (χ3n) is 6.32. The van der Waals surface area contributed by atoms with Gasteiger partial charge in [0.15, 0.2) is 0 Å². The summed E-state index contributed by atoms with van der Waals surface area (Å²) in [6.45, 7) is 5.02. The van der Waals surface area contributed by atoms with Gasteiger partial charge < -0.3 is 10.1 Å². The lowest BCUT2D eigenvalue weighted by Gasteiger charge is -2.33. The number of benzene rings is 2. The third kappa shape index (κ3) is 3.90. The summed E-state index contributed by atoms with van der Waals surface area (Å²) >= 11 is 0. The zero-order valence-corrected chi connectivity index (χ0v) is 16.5. The molecule has 1 heterocycles. The van der Waals surface area contributed by atoms with E-state index in [2.05, 4.69) is 29.3 Å². The molecule has 0 bridgehead atoms. The minimum atomic E-state index is -0.328. The van der Waals surface area contributed by atoms with Gasteiger partial charge in [0.25, 0.3) is 0 Å². The average Bonchev–Trinajstić information content (AvgIpc) is 3.38. The maximum absolute atomic E-state index is 13.3. The SMILES string of the molecule is COc1ccc(CN2CCC3(CC2)C[C@@H]3C(=O)Nc2cccc(F)c2)cc1C. The fourth-order valence-corrected chi connectivity index (χ4v) is 4.52. The molecule has 0 radical (unpaired) electrons. The molecule has 2 aromatic carbocycles. The Morgan fingerprint density at radius 3 is 2.71 bits per heavy atom. The van der Waals surface area contributed by atoms with Crippen LogP contribution in [0.3, 0.4) is 0 Å². The average molecular weight is 382 g/mol. The summed E-state index contributed by atoms with van der Waals surface area (Å²) in [7, 11) is 1.70. The van der Waals surface area contributed by atoms with Crippen LogP contribution in [-0.4, -0.2) is 31.0 Å². The Morgan fingerprint density at radius 2 is 2.04 bits per heavy atom. The number of methoxy groups -OCH3 is 1. The minimum absolute atomic E-state index is 0.0322. The summed E-state index contributed by atoms with van der Waals surface area (Å²) in [5.74, 6) is 0.683. The van der Waals surface area contributed by atoms with Crippen molar-refractivity contribution in [3.05, 3.63) is 59.4 Å². The van der Waals surface area contributed by atoms with Gasteiger partial charge in [-0.25, -0.2) is 4.39 Å². The van der Waals surface area contributed by atoms with E-state index in [1.54, 1.807) is 19.2 Å². The number of anilines is 1. The molecule has 2 aliphatic rings. The topological polar surface area (TPSA) is 41.6 Å². The third-order valence-corrected chi connectivity index (χ3v) is 6.32. The van der Waals surface area contributed by atoms with E-state index >= 15 is 0 Å². The summed E-state index contributed by atoms with van der Waals surface area (Å²) in [6.07, 6.45) is 3.04. The number of aryl methyl sites for hydroxylation is 1. The molecule has 2 aromatic rings. The normalized spacial score (nSPS) is 20.8. The second-order valence-electron chi connectivity index (χ2n) is 8.20. The van der Waals surface area contributed by atoms with Gasteiger partial charge in [-0.2, -0.15) is 0 Å². The highest BCUT2D eigenvalue weighted by Gasteiger charge is 2.58. The first kappa shape index (κ1) is 18.9. The predicted molar refractivity (Wildman–Crippen MR) is 108 cm³/mol. The van der Waals surface area contributed by atoms with E-state index in [4.69, 9.17) is 4.74 Å². The Morgan fingerprint density at radius 1 is 1.25 bits per heavy atom. The molecule has 1 aliphatic heterocycles. The maximum Gasteiger partial charge on any atom is 0.228 e. The molecule has 4 rings (SSSR count). The van der Waals surface area contributed by atoms with Gasteiger partial charge in [-0.3, -0.25) is 9.69 Å². The second kappa shape index (κ2) is 7.55. The van der Waals surface area contributed by atoms with E-state index in [0.29, 0.717) is 5.69 Å². The molecule has 1 saturated heterocycles. The van der Waals surface area contributed by atoms with Crippen molar-refractivity contribution in [1.29, 1.82) is 0 Å². The zero-order valence-electron chi connectivity index (χ0n) is 16.5. The highest BCUT2D eigenvalue weighted by molar-refractivity contribution is 5.95. The molecule has 5 heteroatoms. The number of likely N-dealkylation sites (tertiary alicyclic amines) is 1. The van der Waals surface area contributed by atoms with Crippen molar-refractivity contribution in [1.82, 2.24) is 4.90 Å². The zero-order chi connectivity index (χ0) is 19.7.